The molecule has 1 atom stereocenters. The van der Waals surface area contributed by atoms with Gasteiger partial charge in [0.15, 0.2) is 0 Å². The maximum atomic E-state index is 5.38. The molecule has 4 N–H and O–H groups in total. The molecule has 3 heteroatoms. The molecule has 0 radical (unpaired) electrons. The second-order valence-corrected chi connectivity index (χ2v) is 5.95. The lowest BCUT2D eigenvalue weighted by Crippen LogP contribution is -2.31. The molecular formula is C13H31N3. The fraction of sp³-hybridized carbons (Fsp3) is 1.00. The van der Waals surface area contributed by atoms with Crippen molar-refractivity contribution in [3.63, 3.8) is 0 Å². The van der Waals surface area contributed by atoms with Crippen LogP contribution in [-0.2, 0) is 0 Å². The molecule has 0 aliphatic heterocycles. The highest BCUT2D eigenvalue weighted by atomic mass is 14.9. The summed E-state index contributed by atoms with van der Waals surface area (Å²) in [5.74, 6) is 0.810. The van der Waals surface area contributed by atoms with Crippen LogP contribution in [0, 0.1) is 11.3 Å². The zero-order chi connectivity index (χ0) is 12.4. The van der Waals surface area contributed by atoms with Crippen molar-refractivity contribution in [2.24, 2.45) is 17.1 Å². The fourth-order valence-corrected chi connectivity index (χ4v) is 2.02. The lowest BCUT2D eigenvalue weighted by atomic mass is 9.84. The zero-order valence-corrected chi connectivity index (χ0v) is 11.6. The first kappa shape index (κ1) is 15.9. The summed E-state index contributed by atoms with van der Waals surface area (Å²) in [7, 11) is 0. The van der Waals surface area contributed by atoms with E-state index in [1.165, 1.54) is 12.8 Å². The Bertz CT molecular complexity index is 152. The molecule has 16 heavy (non-hydrogen) atoms. The Kier molecular flexibility index (Phi) is 8.90. The first-order valence-electron chi connectivity index (χ1n) is 6.57. The highest BCUT2D eigenvalue weighted by Gasteiger charge is 2.14. The van der Waals surface area contributed by atoms with Gasteiger partial charge >= 0.3 is 0 Å². The minimum atomic E-state index is 0.460. The number of nitrogens with one attached hydrogen (secondary N) is 2. The average molecular weight is 229 g/mol. The van der Waals surface area contributed by atoms with E-state index in [0.29, 0.717) is 5.41 Å². The molecule has 0 heterocycles. The topological polar surface area (TPSA) is 50.1 Å². The van der Waals surface area contributed by atoms with Crippen molar-refractivity contribution in [2.45, 2.75) is 40.5 Å². The van der Waals surface area contributed by atoms with E-state index in [2.05, 4.69) is 38.3 Å². The minimum Gasteiger partial charge on any atom is -0.329 e. The number of hydrogen-bond donors (Lipinski definition) is 3. The predicted octanol–water partition coefficient (Wildman–Crippen LogP) is 1.59. The fourth-order valence-electron chi connectivity index (χ4n) is 2.02. The van der Waals surface area contributed by atoms with Gasteiger partial charge in [-0.15, -0.1) is 0 Å². The lowest BCUT2D eigenvalue weighted by molar-refractivity contribution is 0.295. The molecule has 3 nitrogen and oxygen atoms in total. The van der Waals surface area contributed by atoms with Crippen molar-refractivity contribution >= 4 is 0 Å². The normalized spacial score (nSPS) is 14.1. The van der Waals surface area contributed by atoms with E-state index in [0.717, 1.165) is 38.6 Å². The second kappa shape index (κ2) is 8.97. The summed E-state index contributed by atoms with van der Waals surface area (Å²) in [6, 6.07) is 0. The predicted molar refractivity (Wildman–Crippen MR) is 72.6 cm³/mol. The van der Waals surface area contributed by atoms with E-state index in [1.807, 2.05) is 0 Å². The van der Waals surface area contributed by atoms with Gasteiger partial charge in [0.25, 0.3) is 0 Å². The third-order valence-corrected chi connectivity index (χ3v) is 2.57. The maximum Gasteiger partial charge on any atom is 0.00772 e. The molecule has 0 fully saturated rings. The molecule has 0 aromatic heterocycles. The quantitative estimate of drug-likeness (QED) is 0.526. The Labute approximate surface area is 102 Å². The highest BCUT2D eigenvalue weighted by Crippen LogP contribution is 2.25. The monoisotopic (exact) mass is 229 g/mol. The van der Waals surface area contributed by atoms with Crippen LogP contribution in [0.25, 0.3) is 0 Å². The Morgan fingerprint density at radius 2 is 1.56 bits per heavy atom. The van der Waals surface area contributed by atoms with Gasteiger partial charge in [-0.3, -0.25) is 0 Å². The second-order valence-electron chi connectivity index (χ2n) is 5.95. The first-order chi connectivity index (χ1) is 7.45. The van der Waals surface area contributed by atoms with Crippen molar-refractivity contribution in [1.82, 2.24) is 10.6 Å². The zero-order valence-electron chi connectivity index (χ0n) is 11.6. The summed E-state index contributed by atoms with van der Waals surface area (Å²) in [4.78, 5) is 0. The van der Waals surface area contributed by atoms with Gasteiger partial charge in [-0.2, -0.15) is 0 Å². The molecule has 0 saturated heterocycles. The van der Waals surface area contributed by atoms with Gasteiger partial charge < -0.3 is 16.4 Å². The summed E-state index contributed by atoms with van der Waals surface area (Å²) in [6.45, 7) is 14.1. The van der Waals surface area contributed by atoms with Crippen LogP contribution < -0.4 is 16.4 Å². The summed E-state index contributed by atoms with van der Waals surface area (Å²) in [5, 5.41) is 6.73. The van der Waals surface area contributed by atoms with Crippen LogP contribution in [0.2, 0.25) is 0 Å². The molecule has 0 rings (SSSR count). The van der Waals surface area contributed by atoms with Gasteiger partial charge in [0.2, 0.25) is 0 Å². The molecule has 0 bridgehead atoms. The Balaban J connectivity index is 3.25. The molecule has 0 aromatic rings. The van der Waals surface area contributed by atoms with E-state index in [9.17, 15) is 0 Å². The van der Waals surface area contributed by atoms with Gasteiger partial charge in [-0.25, -0.2) is 0 Å². The van der Waals surface area contributed by atoms with Gasteiger partial charge in [-0.1, -0.05) is 27.7 Å². The molecule has 0 spiro atoms. The molecule has 0 aliphatic carbocycles. The molecule has 0 aliphatic rings. The van der Waals surface area contributed by atoms with Crippen molar-refractivity contribution in [3.05, 3.63) is 0 Å². The van der Waals surface area contributed by atoms with Crippen molar-refractivity contribution in [3.8, 4) is 0 Å². The Morgan fingerprint density at radius 3 is 2.06 bits per heavy atom. The Hall–Kier alpha value is -0.120. The van der Waals surface area contributed by atoms with Crippen LogP contribution in [0.3, 0.4) is 0 Å². The van der Waals surface area contributed by atoms with Gasteiger partial charge in [-0.05, 0) is 30.7 Å². The van der Waals surface area contributed by atoms with Gasteiger partial charge in [0, 0.05) is 26.2 Å². The van der Waals surface area contributed by atoms with E-state index < -0.39 is 0 Å². The summed E-state index contributed by atoms with van der Waals surface area (Å²) in [6.07, 6.45) is 2.58. The van der Waals surface area contributed by atoms with Crippen LogP contribution >= 0.6 is 0 Å². The van der Waals surface area contributed by atoms with Gasteiger partial charge in [0.1, 0.15) is 0 Å². The Morgan fingerprint density at radius 1 is 1.00 bits per heavy atom. The standard InChI is InChI=1S/C13H31N3/c1-12(11-13(2,3)4)5-7-15-9-10-16-8-6-14/h12,15-16H,5-11,14H2,1-4H3. The highest BCUT2D eigenvalue weighted by molar-refractivity contribution is 4.67. The number of hydrogen-bond acceptors (Lipinski definition) is 3. The SMILES string of the molecule is CC(CCNCCNCCN)CC(C)(C)C. The van der Waals surface area contributed by atoms with E-state index in [1.54, 1.807) is 0 Å². The van der Waals surface area contributed by atoms with E-state index in [4.69, 9.17) is 5.73 Å². The van der Waals surface area contributed by atoms with Gasteiger partial charge in [0.05, 0.1) is 0 Å². The van der Waals surface area contributed by atoms with Crippen LogP contribution in [0.4, 0.5) is 0 Å². The summed E-state index contributed by atoms with van der Waals surface area (Å²) in [5.41, 5.74) is 5.85. The van der Waals surface area contributed by atoms with E-state index >= 15 is 0 Å². The smallest absolute Gasteiger partial charge is 0.00772 e. The van der Waals surface area contributed by atoms with Crippen LogP contribution in [0.15, 0.2) is 0 Å². The van der Waals surface area contributed by atoms with Crippen LogP contribution in [-0.4, -0.2) is 32.7 Å². The minimum absolute atomic E-state index is 0.460. The summed E-state index contributed by atoms with van der Waals surface area (Å²) >= 11 is 0. The van der Waals surface area contributed by atoms with Crippen molar-refractivity contribution in [2.75, 3.05) is 32.7 Å². The molecule has 0 amide bonds. The number of rotatable bonds is 9. The molecule has 98 valence electrons. The maximum absolute atomic E-state index is 5.38. The third-order valence-electron chi connectivity index (χ3n) is 2.57. The van der Waals surface area contributed by atoms with Crippen LogP contribution in [0.1, 0.15) is 40.5 Å². The third kappa shape index (κ3) is 12.0. The average Bonchev–Trinajstić information content (AvgIpc) is 2.13. The molecular weight excluding hydrogens is 198 g/mol. The first-order valence-corrected chi connectivity index (χ1v) is 6.57. The summed E-state index contributed by atoms with van der Waals surface area (Å²) < 4.78 is 0. The molecule has 0 saturated carbocycles. The molecule has 0 aromatic carbocycles. The van der Waals surface area contributed by atoms with Crippen molar-refractivity contribution in [1.29, 1.82) is 0 Å². The number of nitrogens with two attached hydrogens (primary N) is 1. The van der Waals surface area contributed by atoms with Crippen molar-refractivity contribution < 1.29 is 0 Å². The molecule has 1 unspecified atom stereocenters. The van der Waals surface area contributed by atoms with E-state index in [-0.39, 0.29) is 0 Å². The largest absolute Gasteiger partial charge is 0.329 e. The van der Waals surface area contributed by atoms with Crippen LogP contribution in [0.5, 0.6) is 0 Å². The lowest BCUT2D eigenvalue weighted by Gasteiger charge is -2.23.